The lowest BCUT2D eigenvalue weighted by Gasteiger charge is -2.28. The minimum atomic E-state index is 0.177. The van der Waals surface area contributed by atoms with Crippen LogP contribution in [0.4, 0.5) is 5.69 Å². The molecule has 1 aromatic rings. The highest BCUT2D eigenvalue weighted by Gasteiger charge is 2.23. The SMILES string of the molecule is CO[C@H]1CCC[C@H](Oc2ncccc2N)C1. The minimum Gasteiger partial charge on any atom is -0.473 e. The third kappa shape index (κ3) is 2.64. The maximum absolute atomic E-state index is 5.80. The van der Waals surface area contributed by atoms with Gasteiger partial charge in [0.05, 0.1) is 11.8 Å². The Morgan fingerprint density at radius 1 is 1.38 bits per heavy atom. The van der Waals surface area contributed by atoms with Gasteiger partial charge < -0.3 is 15.2 Å². The van der Waals surface area contributed by atoms with Crippen LogP contribution >= 0.6 is 0 Å². The van der Waals surface area contributed by atoms with Gasteiger partial charge in [0.1, 0.15) is 6.10 Å². The van der Waals surface area contributed by atoms with Gasteiger partial charge in [0, 0.05) is 19.7 Å². The number of pyridine rings is 1. The van der Waals surface area contributed by atoms with Crippen LogP contribution in [-0.4, -0.2) is 24.3 Å². The van der Waals surface area contributed by atoms with E-state index in [0.29, 0.717) is 17.7 Å². The Bertz CT molecular complexity index is 344. The van der Waals surface area contributed by atoms with Crippen LogP contribution in [0.3, 0.4) is 0 Å². The largest absolute Gasteiger partial charge is 0.473 e. The summed E-state index contributed by atoms with van der Waals surface area (Å²) in [5, 5.41) is 0. The zero-order valence-corrected chi connectivity index (χ0v) is 9.56. The van der Waals surface area contributed by atoms with Crippen molar-refractivity contribution in [2.75, 3.05) is 12.8 Å². The second-order valence-electron chi connectivity index (χ2n) is 4.16. The molecule has 1 aliphatic rings. The van der Waals surface area contributed by atoms with Crippen molar-refractivity contribution in [1.82, 2.24) is 4.98 Å². The van der Waals surface area contributed by atoms with E-state index in [9.17, 15) is 0 Å². The number of nitrogen functional groups attached to an aromatic ring is 1. The van der Waals surface area contributed by atoms with E-state index in [2.05, 4.69) is 4.98 Å². The Labute approximate surface area is 95.8 Å². The fourth-order valence-corrected chi connectivity index (χ4v) is 2.08. The van der Waals surface area contributed by atoms with Crippen LogP contribution < -0.4 is 10.5 Å². The van der Waals surface area contributed by atoms with E-state index >= 15 is 0 Å². The van der Waals surface area contributed by atoms with Gasteiger partial charge in [-0.15, -0.1) is 0 Å². The molecule has 2 N–H and O–H groups in total. The summed E-state index contributed by atoms with van der Waals surface area (Å²) in [5.41, 5.74) is 6.39. The van der Waals surface area contributed by atoms with Crippen molar-refractivity contribution in [2.24, 2.45) is 0 Å². The number of anilines is 1. The fourth-order valence-electron chi connectivity index (χ4n) is 2.08. The number of aromatic nitrogens is 1. The zero-order valence-electron chi connectivity index (χ0n) is 9.56. The lowest BCUT2D eigenvalue weighted by molar-refractivity contribution is 0.0198. The summed E-state index contributed by atoms with van der Waals surface area (Å²) in [4.78, 5) is 4.14. The molecule has 0 amide bonds. The van der Waals surface area contributed by atoms with Crippen LogP contribution in [0.2, 0.25) is 0 Å². The second-order valence-corrected chi connectivity index (χ2v) is 4.16. The molecule has 1 fully saturated rings. The van der Waals surface area contributed by atoms with Crippen LogP contribution in [0.5, 0.6) is 5.88 Å². The van der Waals surface area contributed by atoms with Gasteiger partial charge in [0.15, 0.2) is 0 Å². The first-order valence-corrected chi connectivity index (χ1v) is 5.69. The average Bonchev–Trinajstić information content (AvgIpc) is 2.32. The molecular formula is C12H18N2O2. The van der Waals surface area contributed by atoms with Gasteiger partial charge in [-0.05, 0) is 31.4 Å². The molecule has 0 aromatic carbocycles. The molecule has 16 heavy (non-hydrogen) atoms. The van der Waals surface area contributed by atoms with Crippen molar-refractivity contribution >= 4 is 5.69 Å². The molecule has 4 heteroatoms. The van der Waals surface area contributed by atoms with Gasteiger partial charge in [-0.2, -0.15) is 0 Å². The predicted octanol–water partition coefficient (Wildman–Crippen LogP) is 2.00. The molecule has 1 saturated carbocycles. The molecule has 1 aliphatic carbocycles. The standard InChI is InChI=1S/C12H18N2O2/c1-15-9-4-2-5-10(8-9)16-12-11(13)6-3-7-14-12/h3,6-7,9-10H,2,4-5,8,13H2,1H3/t9-,10-/m0/s1. The monoisotopic (exact) mass is 222 g/mol. The number of methoxy groups -OCH3 is 1. The maximum atomic E-state index is 5.80. The summed E-state index contributed by atoms with van der Waals surface area (Å²) in [5.74, 6) is 0.546. The molecule has 0 saturated heterocycles. The van der Waals surface area contributed by atoms with Crippen LogP contribution in [-0.2, 0) is 4.74 Å². The fraction of sp³-hybridized carbons (Fsp3) is 0.583. The number of rotatable bonds is 3. The van der Waals surface area contributed by atoms with Crippen LogP contribution in [0.25, 0.3) is 0 Å². The zero-order chi connectivity index (χ0) is 11.4. The molecule has 2 rings (SSSR count). The van der Waals surface area contributed by atoms with Crippen LogP contribution in [0, 0.1) is 0 Å². The topological polar surface area (TPSA) is 57.4 Å². The minimum absolute atomic E-state index is 0.177. The predicted molar refractivity (Wildman–Crippen MR) is 62.3 cm³/mol. The highest BCUT2D eigenvalue weighted by Crippen LogP contribution is 2.26. The third-order valence-corrected chi connectivity index (χ3v) is 2.99. The van der Waals surface area contributed by atoms with Crippen molar-refractivity contribution in [3.63, 3.8) is 0 Å². The number of hydrogen-bond donors (Lipinski definition) is 1. The van der Waals surface area contributed by atoms with Gasteiger partial charge in [0.25, 0.3) is 0 Å². The summed E-state index contributed by atoms with van der Waals surface area (Å²) in [6.07, 6.45) is 6.41. The summed E-state index contributed by atoms with van der Waals surface area (Å²) in [7, 11) is 1.75. The van der Waals surface area contributed by atoms with E-state index < -0.39 is 0 Å². The highest BCUT2D eigenvalue weighted by molar-refractivity contribution is 5.46. The summed E-state index contributed by atoms with van der Waals surface area (Å²) in [6, 6.07) is 3.61. The van der Waals surface area contributed by atoms with Crippen molar-refractivity contribution in [2.45, 2.75) is 37.9 Å². The Kier molecular flexibility index (Phi) is 3.62. The number of ether oxygens (including phenoxy) is 2. The molecule has 0 unspecified atom stereocenters. The highest BCUT2D eigenvalue weighted by atomic mass is 16.5. The van der Waals surface area contributed by atoms with E-state index in [1.54, 1.807) is 25.4 Å². The molecule has 1 heterocycles. The average molecular weight is 222 g/mol. The lowest BCUT2D eigenvalue weighted by Crippen LogP contribution is -2.29. The second kappa shape index (κ2) is 5.16. The Balaban J connectivity index is 1.97. The Morgan fingerprint density at radius 2 is 2.19 bits per heavy atom. The smallest absolute Gasteiger partial charge is 0.237 e. The molecule has 1 aromatic heterocycles. The van der Waals surface area contributed by atoms with Crippen molar-refractivity contribution in [3.8, 4) is 5.88 Å². The van der Waals surface area contributed by atoms with E-state index in [1.807, 2.05) is 0 Å². The first-order chi connectivity index (χ1) is 7.79. The van der Waals surface area contributed by atoms with Crippen LogP contribution in [0.1, 0.15) is 25.7 Å². The Morgan fingerprint density at radius 3 is 2.94 bits per heavy atom. The normalized spacial score (nSPS) is 25.3. The maximum Gasteiger partial charge on any atom is 0.237 e. The number of nitrogens with two attached hydrogens (primary N) is 1. The molecule has 0 aliphatic heterocycles. The van der Waals surface area contributed by atoms with Gasteiger partial charge in [-0.1, -0.05) is 0 Å². The summed E-state index contributed by atoms with van der Waals surface area (Å²) in [6.45, 7) is 0. The van der Waals surface area contributed by atoms with Gasteiger partial charge in [-0.3, -0.25) is 0 Å². The van der Waals surface area contributed by atoms with E-state index in [1.165, 1.54) is 0 Å². The first kappa shape index (κ1) is 11.2. The molecule has 88 valence electrons. The van der Waals surface area contributed by atoms with Crippen LogP contribution in [0.15, 0.2) is 18.3 Å². The molecule has 0 radical (unpaired) electrons. The van der Waals surface area contributed by atoms with Crippen molar-refractivity contribution in [3.05, 3.63) is 18.3 Å². The van der Waals surface area contributed by atoms with Crippen molar-refractivity contribution in [1.29, 1.82) is 0 Å². The lowest BCUT2D eigenvalue weighted by atomic mass is 9.95. The van der Waals surface area contributed by atoms with Gasteiger partial charge in [0.2, 0.25) is 5.88 Å². The molecule has 2 atom stereocenters. The third-order valence-electron chi connectivity index (χ3n) is 2.99. The van der Waals surface area contributed by atoms with Gasteiger partial charge in [-0.25, -0.2) is 4.98 Å². The quantitative estimate of drug-likeness (QED) is 0.849. The number of hydrogen-bond acceptors (Lipinski definition) is 4. The van der Waals surface area contributed by atoms with E-state index in [4.69, 9.17) is 15.2 Å². The van der Waals surface area contributed by atoms with Gasteiger partial charge >= 0.3 is 0 Å². The van der Waals surface area contributed by atoms with E-state index in [-0.39, 0.29) is 6.10 Å². The molecule has 0 bridgehead atoms. The van der Waals surface area contributed by atoms with Crippen molar-refractivity contribution < 1.29 is 9.47 Å². The van der Waals surface area contributed by atoms with E-state index in [0.717, 1.165) is 25.7 Å². The molecule has 0 spiro atoms. The Hall–Kier alpha value is -1.29. The molecular weight excluding hydrogens is 204 g/mol. The summed E-state index contributed by atoms with van der Waals surface area (Å²) < 4.78 is 11.2. The molecule has 4 nitrogen and oxygen atoms in total. The summed E-state index contributed by atoms with van der Waals surface area (Å²) >= 11 is 0. The first-order valence-electron chi connectivity index (χ1n) is 5.69. The number of nitrogens with zero attached hydrogens (tertiary/aromatic N) is 1.